The summed E-state index contributed by atoms with van der Waals surface area (Å²) in [6.07, 6.45) is 0.515. The molecule has 0 aliphatic heterocycles. The molecule has 0 aliphatic carbocycles. The van der Waals surface area contributed by atoms with Gasteiger partial charge in [-0.25, -0.2) is 0 Å². The molecule has 0 radical (unpaired) electrons. The number of nitrogens with two attached hydrogens (primary N) is 1. The fraction of sp³-hybridized carbons (Fsp3) is 0.533. The number of hydrogen-bond donors (Lipinski definition) is 2. The predicted octanol–water partition coefficient (Wildman–Crippen LogP) is 2.44. The number of benzene rings is 1. The summed E-state index contributed by atoms with van der Waals surface area (Å²) >= 11 is 0. The first-order valence-corrected chi connectivity index (χ1v) is 6.83. The molecule has 1 aromatic carbocycles. The standard InChI is InChI=1S/C15H25N3O2/c1-15(2,3)20-12-11-18(10-9-14(16)17-19)13-7-5-4-6-8-13/h4-8,19H,9-12H2,1-3H3,(H2,16,17). The van der Waals surface area contributed by atoms with Crippen LogP contribution in [0.3, 0.4) is 0 Å². The van der Waals surface area contributed by atoms with Gasteiger partial charge in [0.15, 0.2) is 0 Å². The molecule has 112 valence electrons. The second-order valence-corrected chi connectivity index (χ2v) is 5.62. The molecule has 0 saturated carbocycles. The summed E-state index contributed by atoms with van der Waals surface area (Å²) in [6.45, 7) is 8.20. The molecular formula is C15H25N3O2. The van der Waals surface area contributed by atoms with Crippen LogP contribution in [0.15, 0.2) is 35.5 Å². The molecule has 5 heteroatoms. The average Bonchev–Trinajstić information content (AvgIpc) is 2.42. The van der Waals surface area contributed by atoms with Crippen LogP contribution in [-0.2, 0) is 4.74 Å². The molecule has 0 fully saturated rings. The van der Waals surface area contributed by atoms with Gasteiger partial charge in [0, 0.05) is 25.2 Å². The van der Waals surface area contributed by atoms with E-state index >= 15 is 0 Å². The van der Waals surface area contributed by atoms with Crippen LogP contribution in [-0.4, -0.2) is 36.3 Å². The lowest BCUT2D eigenvalue weighted by Gasteiger charge is -2.27. The maximum atomic E-state index is 8.62. The van der Waals surface area contributed by atoms with Gasteiger partial charge in [-0.3, -0.25) is 0 Å². The Kier molecular flexibility index (Phi) is 6.31. The van der Waals surface area contributed by atoms with Crippen LogP contribution < -0.4 is 10.6 Å². The number of para-hydroxylation sites is 1. The zero-order chi connectivity index (χ0) is 15.0. The first-order valence-electron chi connectivity index (χ1n) is 6.83. The lowest BCUT2D eigenvalue weighted by atomic mass is 10.2. The number of oxime groups is 1. The maximum absolute atomic E-state index is 8.62. The number of hydrogen-bond acceptors (Lipinski definition) is 4. The third kappa shape index (κ3) is 6.43. The van der Waals surface area contributed by atoms with Gasteiger partial charge >= 0.3 is 0 Å². The van der Waals surface area contributed by atoms with Gasteiger partial charge < -0.3 is 20.6 Å². The summed E-state index contributed by atoms with van der Waals surface area (Å²) in [6, 6.07) is 10.1. The molecule has 0 heterocycles. The van der Waals surface area contributed by atoms with Crippen molar-refractivity contribution in [2.45, 2.75) is 32.8 Å². The highest BCUT2D eigenvalue weighted by molar-refractivity contribution is 5.80. The number of amidine groups is 1. The molecular weight excluding hydrogens is 254 g/mol. The van der Waals surface area contributed by atoms with E-state index in [9.17, 15) is 0 Å². The predicted molar refractivity (Wildman–Crippen MR) is 82.4 cm³/mol. The van der Waals surface area contributed by atoms with Gasteiger partial charge in [0.1, 0.15) is 5.84 Å². The second kappa shape index (κ2) is 7.75. The van der Waals surface area contributed by atoms with E-state index in [1.807, 2.05) is 51.1 Å². The first kappa shape index (κ1) is 16.3. The van der Waals surface area contributed by atoms with E-state index in [1.165, 1.54) is 0 Å². The summed E-state index contributed by atoms with van der Waals surface area (Å²) in [5.41, 5.74) is 6.50. The molecule has 0 unspecified atom stereocenters. The average molecular weight is 279 g/mol. The summed E-state index contributed by atoms with van der Waals surface area (Å²) in [5, 5.41) is 11.6. The number of anilines is 1. The van der Waals surface area contributed by atoms with Crippen LogP contribution >= 0.6 is 0 Å². The molecule has 0 saturated heterocycles. The Balaban J connectivity index is 2.60. The first-order chi connectivity index (χ1) is 9.42. The van der Waals surface area contributed by atoms with E-state index in [-0.39, 0.29) is 11.4 Å². The topological polar surface area (TPSA) is 71.1 Å². The molecule has 0 bridgehead atoms. The highest BCUT2D eigenvalue weighted by Gasteiger charge is 2.12. The zero-order valence-corrected chi connectivity index (χ0v) is 12.5. The second-order valence-electron chi connectivity index (χ2n) is 5.62. The van der Waals surface area contributed by atoms with E-state index in [0.717, 1.165) is 12.2 Å². The molecule has 0 aromatic heterocycles. The van der Waals surface area contributed by atoms with E-state index in [4.69, 9.17) is 15.7 Å². The van der Waals surface area contributed by atoms with E-state index in [2.05, 4.69) is 10.1 Å². The maximum Gasteiger partial charge on any atom is 0.140 e. The van der Waals surface area contributed by atoms with Crippen molar-refractivity contribution in [1.29, 1.82) is 0 Å². The third-order valence-corrected chi connectivity index (χ3v) is 2.78. The normalized spacial score (nSPS) is 12.4. The van der Waals surface area contributed by atoms with Crippen molar-refractivity contribution < 1.29 is 9.94 Å². The van der Waals surface area contributed by atoms with Crippen LogP contribution in [0.25, 0.3) is 0 Å². The van der Waals surface area contributed by atoms with E-state index in [0.29, 0.717) is 19.6 Å². The van der Waals surface area contributed by atoms with Gasteiger partial charge in [0.25, 0.3) is 0 Å². The Morgan fingerprint density at radius 3 is 2.45 bits per heavy atom. The SMILES string of the molecule is CC(C)(C)OCCN(CC/C(N)=N/O)c1ccccc1. The van der Waals surface area contributed by atoms with Crippen LogP contribution in [0.2, 0.25) is 0 Å². The molecule has 0 aliphatic rings. The highest BCUT2D eigenvalue weighted by atomic mass is 16.5. The van der Waals surface area contributed by atoms with Crippen LogP contribution in [0.1, 0.15) is 27.2 Å². The van der Waals surface area contributed by atoms with Crippen LogP contribution in [0.5, 0.6) is 0 Å². The summed E-state index contributed by atoms with van der Waals surface area (Å²) in [5.74, 6) is 0.239. The summed E-state index contributed by atoms with van der Waals surface area (Å²) in [7, 11) is 0. The Hall–Kier alpha value is -1.75. The van der Waals surface area contributed by atoms with Gasteiger partial charge in [-0.15, -0.1) is 0 Å². The lowest BCUT2D eigenvalue weighted by molar-refractivity contribution is 0.00139. The minimum atomic E-state index is -0.145. The minimum Gasteiger partial charge on any atom is -0.409 e. The smallest absolute Gasteiger partial charge is 0.140 e. The van der Waals surface area contributed by atoms with Crippen molar-refractivity contribution in [2.24, 2.45) is 10.9 Å². The number of ether oxygens (including phenoxy) is 1. The van der Waals surface area contributed by atoms with Gasteiger partial charge in [-0.05, 0) is 32.9 Å². The number of rotatable bonds is 7. The van der Waals surface area contributed by atoms with Crippen molar-refractivity contribution in [3.05, 3.63) is 30.3 Å². The van der Waals surface area contributed by atoms with E-state index in [1.54, 1.807) is 0 Å². The molecule has 1 aromatic rings. The van der Waals surface area contributed by atoms with Crippen molar-refractivity contribution in [3.63, 3.8) is 0 Å². The molecule has 3 N–H and O–H groups in total. The molecule has 5 nitrogen and oxygen atoms in total. The van der Waals surface area contributed by atoms with Crippen molar-refractivity contribution in [1.82, 2.24) is 0 Å². The van der Waals surface area contributed by atoms with Crippen molar-refractivity contribution in [3.8, 4) is 0 Å². The van der Waals surface area contributed by atoms with Gasteiger partial charge in [-0.1, -0.05) is 23.4 Å². The van der Waals surface area contributed by atoms with E-state index < -0.39 is 0 Å². The Morgan fingerprint density at radius 2 is 1.90 bits per heavy atom. The van der Waals surface area contributed by atoms with Crippen molar-refractivity contribution >= 4 is 11.5 Å². The Morgan fingerprint density at radius 1 is 1.25 bits per heavy atom. The highest BCUT2D eigenvalue weighted by Crippen LogP contribution is 2.14. The fourth-order valence-electron chi connectivity index (χ4n) is 1.77. The molecule has 0 spiro atoms. The summed E-state index contributed by atoms with van der Waals surface area (Å²) < 4.78 is 5.76. The van der Waals surface area contributed by atoms with Crippen LogP contribution in [0, 0.1) is 0 Å². The molecule has 20 heavy (non-hydrogen) atoms. The van der Waals surface area contributed by atoms with Gasteiger partial charge in [0.2, 0.25) is 0 Å². The Bertz CT molecular complexity index is 413. The monoisotopic (exact) mass is 279 g/mol. The fourth-order valence-corrected chi connectivity index (χ4v) is 1.77. The summed E-state index contributed by atoms with van der Waals surface area (Å²) in [4.78, 5) is 2.17. The lowest BCUT2D eigenvalue weighted by Crippen LogP contribution is -2.33. The quantitative estimate of drug-likeness (QED) is 0.348. The number of nitrogens with zero attached hydrogens (tertiary/aromatic N) is 2. The zero-order valence-electron chi connectivity index (χ0n) is 12.5. The molecule has 0 amide bonds. The third-order valence-electron chi connectivity index (χ3n) is 2.78. The van der Waals surface area contributed by atoms with Crippen LogP contribution in [0.4, 0.5) is 5.69 Å². The molecule has 0 atom stereocenters. The minimum absolute atomic E-state index is 0.145. The Labute approximate surface area is 121 Å². The molecule has 1 rings (SSSR count). The van der Waals surface area contributed by atoms with Gasteiger partial charge in [-0.2, -0.15) is 0 Å². The largest absolute Gasteiger partial charge is 0.409 e. The van der Waals surface area contributed by atoms with Crippen molar-refractivity contribution in [2.75, 3.05) is 24.6 Å². The van der Waals surface area contributed by atoms with Gasteiger partial charge in [0.05, 0.1) is 12.2 Å².